The first kappa shape index (κ1) is 29.3. The second-order valence-electron chi connectivity index (χ2n) is 10.8. The molecule has 5 aromatic rings. The molecular weight excluding hydrogens is 699 g/mol. The molecule has 0 bridgehead atoms. The second kappa shape index (κ2) is 12.8. The third kappa shape index (κ3) is 5.76. The number of rotatable bonds is 4. The maximum atomic E-state index is 5.68. The molecule has 0 saturated heterocycles. The summed E-state index contributed by atoms with van der Waals surface area (Å²) in [6.45, 7) is 8.97. The monoisotopic (exact) mass is 733 g/mol. The van der Waals surface area contributed by atoms with Gasteiger partial charge in [0.05, 0.1) is 0 Å². The van der Waals surface area contributed by atoms with E-state index in [1.807, 2.05) is 48.5 Å². The van der Waals surface area contributed by atoms with Gasteiger partial charge in [0, 0.05) is 35.4 Å². The van der Waals surface area contributed by atoms with Crippen LogP contribution in [-0.4, -0.2) is 6.01 Å². The molecule has 0 aliphatic carbocycles. The molecule has 42 heavy (non-hydrogen) atoms. The van der Waals surface area contributed by atoms with Crippen molar-refractivity contribution in [3.63, 3.8) is 0 Å². The number of nitrogens with zero attached hydrogens (tertiary/aromatic N) is 3. The maximum Gasteiger partial charge on any atom is 1.00 e. The molecule has 0 fully saturated rings. The summed E-state index contributed by atoms with van der Waals surface area (Å²) in [5.41, 5.74) is 9.19. The molecule has 0 atom stereocenters. The number of fused-ring (bicyclic) bond motifs is 3. The van der Waals surface area contributed by atoms with Crippen LogP contribution >= 0.6 is 0 Å². The summed E-state index contributed by atoms with van der Waals surface area (Å²) in [5.74, 6) is 2.55. The van der Waals surface area contributed by atoms with Gasteiger partial charge >= 0.3 is 28.4 Å². The topological polar surface area (TPSA) is 29.4 Å². The molecule has 0 N–H and O–H groups in total. The molecule has 7 rings (SSSR count). The molecule has 4 nitrogen and oxygen atoms in total. The van der Waals surface area contributed by atoms with Crippen molar-refractivity contribution in [1.82, 2.24) is 9.15 Å². The van der Waals surface area contributed by atoms with Gasteiger partial charge in [0.2, 0.25) is 11.4 Å². The maximum absolute atomic E-state index is 5.68. The predicted molar refractivity (Wildman–Crippen MR) is 171 cm³/mol. The van der Waals surface area contributed by atoms with E-state index in [0.29, 0.717) is 11.8 Å². The summed E-state index contributed by atoms with van der Waals surface area (Å²) < 4.78 is 10.1. The summed E-state index contributed by atoms with van der Waals surface area (Å²) >= 11 is 0. The quantitative estimate of drug-likeness (QED) is 0.131. The number of para-hydroxylation sites is 8. The van der Waals surface area contributed by atoms with E-state index >= 15 is 0 Å². The van der Waals surface area contributed by atoms with Gasteiger partial charge in [-0.2, -0.15) is 0 Å². The standard InChI is InChI=1S/C25H26N2.C12H8NO.Au/c1-18(2)20-11-5-7-13-22(20)26-17-27(25-16-10-9-15-24(25)26)23-14-8-6-12-21(23)19(3)4;1-3-7-11-9(5-1)13-10-6-2-4-8-12(10)14-11;/h5-16,18-19H,1-4H3;1-8H;/q+2;-1;+1. The van der Waals surface area contributed by atoms with E-state index in [0.717, 1.165) is 22.9 Å². The van der Waals surface area contributed by atoms with Crippen LogP contribution in [0.2, 0.25) is 0 Å². The van der Waals surface area contributed by atoms with Crippen LogP contribution in [0, 0.1) is 0 Å². The molecule has 2 heterocycles. The minimum Gasteiger partial charge on any atom is -0.652 e. The van der Waals surface area contributed by atoms with Crippen molar-refractivity contribution >= 4 is 40.1 Å². The van der Waals surface area contributed by atoms with Gasteiger partial charge in [0.15, 0.2) is 0 Å². The Kier molecular flexibility index (Phi) is 8.92. The second-order valence-corrected chi connectivity index (χ2v) is 10.8. The van der Waals surface area contributed by atoms with E-state index in [9.17, 15) is 0 Å². The molecule has 2 aliphatic rings. The van der Waals surface area contributed by atoms with Crippen molar-refractivity contribution in [3.8, 4) is 11.5 Å². The van der Waals surface area contributed by atoms with E-state index in [4.69, 9.17) is 4.74 Å². The number of hydrogen-bond acceptors (Lipinski definition) is 1. The van der Waals surface area contributed by atoms with Crippen LogP contribution in [0.1, 0.15) is 50.7 Å². The average Bonchev–Trinajstić information content (AvgIpc) is 3.40. The van der Waals surface area contributed by atoms with Gasteiger partial charge in [-0.25, -0.2) is 0 Å². The van der Waals surface area contributed by atoms with Crippen molar-refractivity contribution in [3.05, 3.63) is 138 Å². The summed E-state index contributed by atoms with van der Waals surface area (Å²) in [6, 6.07) is 45.0. The van der Waals surface area contributed by atoms with E-state index in [1.54, 1.807) is 0 Å². The van der Waals surface area contributed by atoms with Crippen LogP contribution < -0.4 is 13.9 Å². The van der Waals surface area contributed by atoms with E-state index in [-0.39, 0.29) is 22.4 Å². The summed E-state index contributed by atoms with van der Waals surface area (Å²) in [4.78, 5) is 0. The Morgan fingerprint density at radius 3 is 1.29 bits per heavy atom. The molecule has 5 heteroatoms. The Labute approximate surface area is 264 Å². The zero-order chi connectivity index (χ0) is 28.3. The van der Waals surface area contributed by atoms with Crippen LogP contribution in [-0.2, 0) is 22.4 Å². The fraction of sp³-hybridized carbons (Fsp3) is 0.162. The average molecular weight is 734 g/mol. The molecule has 0 unspecified atom stereocenters. The van der Waals surface area contributed by atoms with Crippen LogP contribution in [0.25, 0.3) is 5.32 Å². The molecule has 5 aromatic carbocycles. The molecule has 0 spiro atoms. The zero-order valence-corrected chi connectivity index (χ0v) is 26.4. The molecule has 0 saturated carbocycles. The van der Waals surface area contributed by atoms with E-state index in [2.05, 4.69) is 121 Å². The summed E-state index contributed by atoms with van der Waals surface area (Å²) in [7, 11) is 0. The first-order valence-electron chi connectivity index (χ1n) is 14.2. The Morgan fingerprint density at radius 2 is 0.857 bits per heavy atom. The fourth-order valence-electron chi connectivity index (χ4n) is 5.30. The SMILES string of the molecule is CC(C)c1ccccc1[N+]1=C=[N+](c2ccccc2C(C)C)c2ccccc21.[Au+].c1ccc2c(c1)[N-]c1ccccc1O2. The van der Waals surface area contributed by atoms with Crippen LogP contribution in [0.15, 0.2) is 121 Å². The van der Waals surface area contributed by atoms with Crippen molar-refractivity contribution in [2.45, 2.75) is 39.5 Å². The minimum absolute atomic E-state index is 0. The van der Waals surface area contributed by atoms with Crippen molar-refractivity contribution in [1.29, 1.82) is 0 Å². The van der Waals surface area contributed by atoms with Gasteiger partial charge < -0.3 is 10.1 Å². The molecule has 2 aliphatic heterocycles. The van der Waals surface area contributed by atoms with Gasteiger partial charge in [-0.3, -0.25) is 0 Å². The third-order valence-corrected chi connectivity index (χ3v) is 7.35. The van der Waals surface area contributed by atoms with Gasteiger partial charge in [-0.15, -0.1) is 0 Å². The van der Waals surface area contributed by atoms with Crippen LogP contribution in [0.3, 0.4) is 0 Å². The van der Waals surface area contributed by atoms with Crippen molar-refractivity contribution in [2.24, 2.45) is 0 Å². The largest absolute Gasteiger partial charge is 1.00 e. The van der Waals surface area contributed by atoms with E-state index < -0.39 is 0 Å². The predicted octanol–water partition coefficient (Wildman–Crippen LogP) is 10.9. The zero-order valence-electron chi connectivity index (χ0n) is 24.3. The fourth-order valence-corrected chi connectivity index (χ4v) is 5.30. The minimum atomic E-state index is 0. The normalized spacial score (nSPS) is 12.3. The Balaban J connectivity index is 0.000000197. The molecule has 0 amide bonds. The first-order valence-corrected chi connectivity index (χ1v) is 14.2. The number of benzene rings is 5. The van der Waals surface area contributed by atoms with Gasteiger partial charge in [-0.05, 0) is 33.1 Å². The first-order chi connectivity index (χ1) is 20.0. The smallest absolute Gasteiger partial charge is 0.652 e. The molecule has 0 radical (unpaired) electrons. The van der Waals surface area contributed by atoms with Crippen molar-refractivity contribution in [2.75, 3.05) is 0 Å². The van der Waals surface area contributed by atoms with Gasteiger partial charge in [0.1, 0.15) is 11.5 Å². The van der Waals surface area contributed by atoms with Crippen LogP contribution in [0.5, 0.6) is 11.5 Å². The van der Waals surface area contributed by atoms with Gasteiger partial charge in [0.25, 0.3) is 11.4 Å². The number of ether oxygens (including phenoxy) is 1. The Morgan fingerprint density at radius 1 is 0.500 bits per heavy atom. The number of hydrogen-bond donors (Lipinski definition) is 0. The Hall–Kier alpha value is -4.18. The van der Waals surface area contributed by atoms with E-state index in [1.165, 1.54) is 33.9 Å². The van der Waals surface area contributed by atoms with Crippen LogP contribution in [0.4, 0.5) is 34.1 Å². The summed E-state index contributed by atoms with van der Waals surface area (Å²) in [5, 5.41) is 4.48. The third-order valence-electron chi connectivity index (χ3n) is 7.35. The molecule has 0 aromatic heterocycles. The van der Waals surface area contributed by atoms with Crippen molar-refractivity contribution < 1.29 is 27.1 Å². The summed E-state index contributed by atoms with van der Waals surface area (Å²) in [6.07, 6.45) is 0. The Bertz CT molecular complexity index is 1630. The van der Waals surface area contributed by atoms with Gasteiger partial charge in [-0.1, -0.05) is 124 Å². The molecular formula is C37H34AuN3O+2. The molecule has 212 valence electrons.